The van der Waals surface area contributed by atoms with Crippen LogP contribution in [0.5, 0.6) is 0 Å². The van der Waals surface area contributed by atoms with E-state index in [1.54, 1.807) is 21.3 Å². The molecule has 0 aromatic heterocycles. The van der Waals surface area contributed by atoms with E-state index in [1.807, 2.05) is 12.1 Å². The SMILES string of the molecule is COC1=CC(CN)(Cc2ccc(Br)cc2)CC(OC)=C1OC. The van der Waals surface area contributed by atoms with Crippen LogP contribution in [0.4, 0.5) is 0 Å². The van der Waals surface area contributed by atoms with Crippen molar-refractivity contribution >= 4 is 15.9 Å². The van der Waals surface area contributed by atoms with Crippen molar-refractivity contribution in [3.05, 3.63) is 57.7 Å². The van der Waals surface area contributed by atoms with Gasteiger partial charge in [0, 0.05) is 22.9 Å². The highest BCUT2D eigenvalue weighted by molar-refractivity contribution is 9.10. The largest absolute Gasteiger partial charge is 0.497 e. The van der Waals surface area contributed by atoms with E-state index in [1.165, 1.54) is 5.56 Å². The molecule has 0 saturated heterocycles. The van der Waals surface area contributed by atoms with Crippen LogP contribution in [-0.4, -0.2) is 27.9 Å². The fourth-order valence-corrected chi connectivity index (χ4v) is 3.05. The van der Waals surface area contributed by atoms with Gasteiger partial charge in [0.2, 0.25) is 0 Å². The normalized spacial score (nSPS) is 21.4. The first kappa shape index (κ1) is 16.9. The molecule has 1 aliphatic rings. The molecule has 2 N–H and O–H groups in total. The van der Waals surface area contributed by atoms with Crippen LogP contribution in [0.25, 0.3) is 0 Å². The topological polar surface area (TPSA) is 53.7 Å². The van der Waals surface area contributed by atoms with Crippen molar-refractivity contribution in [2.45, 2.75) is 12.8 Å². The number of rotatable bonds is 6. The predicted octanol–water partition coefficient (Wildman–Crippen LogP) is 3.38. The maximum atomic E-state index is 6.11. The molecule has 0 saturated carbocycles. The van der Waals surface area contributed by atoms with Gasteiger partial charge in [-0.05, 0) is 30.2 Å². The van der Waals surface area contributed by atoms with Gasteiger partial charge in [0.1, 0.15) is 5.76 Å². The minimum atomic E-state index is -0.244. The number of benzene rings is 1. The van der Waals surface area contributed by atoms with Crippen LogP contribution in [0.1, 0.15) is 12.0 Å². The molecule has 1 unspecified atom stereocenters. The van der Waals surface area contributed by atoms with Gasteiger partial charge in [0.05, 0.1) is 21.3 Å². The lowest BCUT2D eigenvalue weighted by Crippen LogP contribution is -2.35. The Hall–Kier alpha value is -1.46. The molecule has 0 spiro atoms. The van der Waals surface area contributed by atoms with E-state index in [9.17, 15) is 0 Å². The highest BCUT2D eigenvalue weighted by Gasteiger charge is 2.36. The highest BCUT2D eigenvalue weighted by atomic mass is 79.9. The molecule has 0 bridgehead atoms. The van der Waals surface area contributed by atoms with Crippen molar-refractivity contribution in [3.63, 3.8) is 0 Å². The molecule has 4 nitrogen and oxygen atoms in total. The molecule has 0 amide bonds. The molecular formula is C17H22BrNO3. The highest BCUT2D eigenvalue weighted by Crippen LogP contribution is 2.40. The zero-order valence-corrected chi connectivity index (χ0v) is 14.8. The number of methoxy groups -OCH3 is 3. The lowest BCUT2D eigenvalue weighted by Gasteiger charge is -2.35. The van der Waals surface area contributed by atoms with Crippen molar-refractivity contribution in [2.24, 2.45) is 11.1 Å². The van der Waals surface area contributed by atoms with Crippen LogP contribution >= 0.6 is 15.9 Å². The lowest BCUT2D eigenvalue weighted by molar-refractivity contribution is 0.148. The molecule has 5 heteroatoms. The molecular weight excluding hydrogens is 346 g/mol. The van der Waals surface area contributed by atoms with Crippen molar-refractivity contribution < 1.29 is 14.2 Å². The quantitative estimate of drug-likeness (QED) is 0.837. The van der Waals surface area contributed by atoms with E-state index >= 15 is 0 Å². The first-order chi connectivity index (χ1) is 10.6. The summed E-state index contributed by atoms with van der Waals surface area (Å²) in [6.45, 7) is 0.500. The first-order valence-electron chi connectivity index (χ1n) is 7.10. The number of ether oxygens (including phenoxy) is 3. The Kier molecular flexibility index (Phi) is 5.53. The van der Waals surface area contributed by atoms with E-state index in [0.717, 1.165) is 16.7 Å². The second-order valence-corrected chi connectivity index (χ2v) is 6.34. The van der Waals surface area contributed by atoms with Crippen molar-refractivity contribution in [3.8, 4) is 0 Å². The predicted molar refractivity (Wildman–Crippen MR) is 90.1 cm³/mol. The summed E-state index contributed by atoms with van der Waals surface area (Å²) in [5.74, 6) is 2.09. The number of halogens is 1. The van der Waals surface area contributed by atoms with Gasteiger partial charge in [0.15, 0.2) is 11.5 Å². The minimum Gasteiger partial charge on any atom is -0.497 e. The first-order valence-corrected chi connectivity index (χ1v) is 7.89. The van der Waals surface area contributed by atoms with Crippen LogP contribution in [0.2, 0.25) is 0 Å². The van der Waals surface area contributed by atoms with Gasteiger partial charge in [-0.3, -0.25) is 0 Å². The van der Waals surface area contributed by atoms with Crippen molar-refractivity contribution in [1.29, 1.82) is 0 Å². The van der Waals surface area contributed by atoms with Crippen molar-refractivity contribution in [2.75, 3.05) is 27.9 Å². The Labute approximate surface area is 140 Å². The molecule has 0 fully saturated rings. The standard InChI is InChI=1S/C17H22BrNO3/c1-20-14-9-17(11-19,10-15(21-2)16(14)22-3)8-12-4-6-13(18)7-5-12/h4-7,9H,8,10-11,19H2,1-3H3. The van der Waals surface area contributed by atoms with E-state index in [2.05, 4.69) is 34.1 Å². The van der Waals surface area contributed by atoms with Crippen LogP contribution in [-0.2, 0) is 20.6 Å². The zero-order chi connectivity index (χ0) is 16.2. The zero-order valence-electron chi connectivity index (χ0n) is 13.2. The second kappa shape index (κ2) is 7.20. The Morgan fingerprint density at radius 1 is 1.09 bits per heavy atom. The van der Waals surface area contributed by atoms with Crippen molar-refractivity contribution in [1.82, 2.24) is 0 Å². The van der Waals surface area contributed by atoms with E-state index < -0.39 is 0 Å². The van der Waals surface area contributed by atoms with E-state index in [4.69, 9.17) is 19.9 Å². The molecule has 1 aromatic rings. The number of nitrogens with two attached hydrogens (primary N) is 1. The summed E-state index contributed by atoms with van der Waals surface area (Å²) in [6, 6.07) is 8.28. The molecule has 120 valence electrons. The smallest absolute Gasteiger partial charge is 0.198 e. The summed E-state index contributed by atoms with van der Waals surface area (Å²) < 4.78 is 17.5. The monoisotopic (exact) mass is 367 g/mol. The summed E-state index contributed by atoms with van der Waals surface area (Å²) >= 11 is 3.46. The summed E-state index contributed by atoms with van der Waals surface area (Å²) in [5, 5.41) is 0. The average Bonchev–Trinajstić information content (AvgIpc) is 2.56. The van der Waals surface area contributed by atoms with Gasteiger partial charge in [-0.15, -0.1) is 0 Å². The molecule has 0 aliphatic heterocycles. The third kappa shape index (κ3) is 3.47. The lowest BCUT2D eigenvalue weighted by atomic mass is 9.75. The summed E-state index contributed by atoms with van der Waals surface area (Å²) in [7, 11) is 4.89. The molecule has 1 atom stereocenters. The summed E-state index contributed by atoms with van der Waals surface area (Å²) in [6.07, 6.45) is 3.57. The Bertz CT molecular complexity index is 580. The summed E-state index contributed by atoms with van der Waals surface area (Å²) in [5.41, 5.74) is 7.08. The fourth-order valence-electron chi connectivity index (χ4n) is 2.79. The molecule has 2 rings (SSSR count). The van der Waals surface area contributed by atoms with Gasteiger partial charge < -0.3 is 19.9 Å². The van der Waals surface area contributed by atoms with Crippen LogP contribution < -0.4 is 5.73 Å². The Morgan fingerprint density at radius 2 is 1.77 bits per heavy atom. The van der Waals surface area contributed by atoms with Gasteiger partial charge in [-0.25, -0.2) is 0 Å². The van der Waals surface area contributed by atoms with Gasteiger partial charge >= 0.3 is 0 Å². The minimum absolute atomic E-state index is 0.244. The Balaban J connectivity index is 2.36. The van der Waals surface area contributed by atoms with Crippen LogP contribution in [0.3, 0.4) is 0 Å². The molecule has 0 heterocycles. The van der Waals surface area contributed by atoms with Crippen LogP contribution in [0, 0.1) is 5.41 Å². The third-order valence-corrected chi connectivity index (χ3v) is 4.50. The van der Waals surface area contributed by atoms with E-state index in [0.29, 0.717) is 24.5 Å². The summed E-state index contributed by atoms with van der Waals surface area (Å²) in [4.78, 5) is 0. The fraction of sp³-hybridized carbons (Fsp3) is 0.412. The number of hydrogen-bond donors (Lipinski definition) is 1. The molecule has 1 aliphatic carbocycles. The van der Waals surface area contributed by atoms with Gasteiger partial charge in [-0.2, -0.15) is 0 Å². The maximum Gasteiger partial charge on any atom is 0.198 e. The van der Waals surface area contributed by atoms with Crippen LogP contribution in [0.15, 0.2) is 52.1 Å². The van der Waals surface area contributed by atoms with Gasteiger partial charge in [-0.1, -0.05) is 28.1 Å². The molecule has 1 aromatic carbocycles. The van der Waals surface area contributed by atoms with Gasteiger partial charge in [0.25, 0.3) is 0 Å². The molecule has 0 radical (unpaired) electrons. The average molecular weight is 368 g/mol. The second-order valence-electron chi connectivity index (χ2n) is 5.42. The Morgan fingerprint density at radius 3 is 2.27 bits per heavy atom. The third-order valence-electron chi connectivity index (χ3n) is 3.97. The van der Waals surface area contributed by atoms with E-state index in [-0.39, 0.29) is 5.41 Å². The number of allylic oxidation sites excluding steroid dienone is 1. The molecule has 22 heavy (non-hydrogen) atoms. The number of hydrogen-bond acceptors (Lipinski definition) is 4. The maximum absolute atomic E-state index is 6.11.